The largest absolute Gasteiger partial charge is 0.379 e. The maximum Gasteiger partial charge on any atom is 0.254 e. The van der Waals surface area contributed by atoms with Crippen LogP contribution in [0.25, 0.3) is 0 Å². The van der Waals surface area contributed by atoms with Crippen LogP contribution < -0.4 is 5.32 Å². The maximum atomic E-state index is 13.8. The first-order chi connectivity index (χ1) is 16.0. The third-order valence-corrected chi connectivity index (χ3v) is 7.26. The average Bonchev–Trinajstić information content (AvgIpc) is 3.18. The number of carbonyl (C=O) groups excluding carboxylic acids is 2. The minimum atomic E-state index is -0.512. The van der Waals surface area contributed by atoms with Crippen LogP contribution in [-0.4, -0.2) is 66.5 Å². The molecule has 0 saturated carbocycles. The van der Waals surface area contributed by atoms with E-state index in [1.807, 2.05) is 29.2 Å². The number of amides is 2. The van der Waals surface area contributed by atoms with Gasteiger partial charge in [0.05, 0.1) is 18.8 Å². The van der Waals surface area contributed by atoms with E-state index in [4.69, 9.17) is 4.74 Å². The highest BCUT2D eigenvalue weighted by molar-refractivity contribution is 5.96. The molecule has 3 aliphatic heterocycles. The summed E-state index contributed by atoms with van der Waals surface area (Å²) >= 11 is 0. The number of likely N-dealkylation sites (tertiary alicyclic amines) is 1. The lowest BCUT2D eigenvalue weighted by Gasteiger charge is -2.39. The minimum absolute atomic E-state index is 0.0114. The van der Waals surface area contributed by atoms with E-state index in [0.717, 1.165) is 37.1 Å². The van der Waals surface area contributed by atoms with Gasteiger partial charge in [-0.2, -0.15) is 0 Å². The number of hydrogen-bond acceptors (Lipinski definition) is 4. The van der Waals surface area contributed by atoms with Crippen LogP contribution in [0.5, 0.6) is 0 Å². The fourth-order valence-electron chi connectivity index (χ4n) is 5.57. The summed E-state index contributed by atoms with van der Waals surface area (Å²) in [6, 6.07) is 14.3. The van der Waals surface area contributed by atoms with Crippen LogP contribution in [0.1, 0.15) is 46.7 Å². The number of rotatable bonds is 4. The van der Waals surface area contributed by atoms with Crippen molar-refractivity contribution in [3.05, 3.63) is 71.0 Å². The number of hydrogen-bond donors (Lipinski definition) is 1. The molecule has 2 aromatic carbocycles. The Balaban J connectivity index is 1.42. The molecule has 5 rings (SSSR count). The van der Waals surface area contributed by atoms with Crippen molar-refractivity contribution in [2.24, 2.45) is 0 Å². The molecule has 174 valence electrons. The lowest BCUT2D eigenvalue weighted by atomic mass is 9.76. The summed E-state index contributed by atoms with van der Waals surface area (Å²) in [5, 5.41) is 3.22. The molecule has 3 saturated heterocycles. The molecule has 2 aromatic rings. The van der Waals surface area contributed by atoms with E-state index >= 15 is 0 Å². The third-order valence-electron chi connectivity index (χ3n) is 7.26. The number of nitrogens with zero attached hydrogens (tertiary/aromatic N) is 2. The van der Waals surface area contributed by atoms with Crippen LogP contribution in [0.3, 0.4) is 0 Å². The maximum absolute atomic E-state index is 13.8. The van der Waals surface area contributed by atoms with Crippen LogP contribution >= 0.6 is 0 Å². The zero-order chi connectivity index (χ0) is 22.8. The van der Waals surface area contributed by atoms with Gasteiger partial charge in [0, 0.05) is 50.6 Å². The third kappa shape index (κ3) is 4.52. The fraction of sp³-hybridized carbons (Fsp3) is 0.462. The van der Waals surface area contributed by atoms with Crippen molar-refractivity contribution in [3.8, 4) is 0 Å². The van der Waals surface area contributed by atoms with E-state index in [1.54, 1.807) is 12.1 Å². The Hall–Kier alpha value is -2.77. The second-order valence-electron chi connectivity index (χ2n) is 9.39. The zero-order valence-electron chi connectivity index (χ0n) is 18.8. The van der Waals surface area contributed by atoms with E-state index in [9.17, 15) is 14.0 Å². The van der Waals surface area contributed by atoms with Crippen molar-refractivity contribution >= 4 is 11.8 Å². The molecular weight excluding hydrogens is 421 g/mol. The van der Waals surface area contributed by atoms with Crippen LogP contribution in [-0.2, 0) is 16.1 Å². The molecule has 1 N–H and O–H groups in total. The van der Waals surface area contributed by atoms with Gasteiger partial charge in [-0.3, -0.25) is 14.5 Å². The van der Waals surface area contributed by atoms with Gasteiger partial charge in [0.25, 0.3) is 5.91 Å². The van der Waals surface area contributed by atoms with Crippen molar-refractivity contribution in [2.75, 3.05) is 39.4 Å². The van der Waals surface area contributed by atoms with Gasteiger partial charge < -0.3 is 15.0 Å². The molecule has 3 fully saturated rings. The number of benzene rings is 2. The van der Waals surface area contributed by atoms with Gasteiger partial charge in [-0.15, -0.1) is 0 Å². The smallest absolute Gasteiger partial charge is 0.254 e. The van der Waals surface area contributed by atoms with E-state index in [1.165, 1.54) is 12.1 Å². The van der Waals surface area contributed by atoms with Crippen molar-refractivity contribution in [1.29, 1.82) is 0 Å². The average molecular weight is 452 g/mol. The Labute approximate surface area is 193 Å². The summed E-state index contributed by atoms with van der Waals surface area (Å²) in [6.45, 7) is 4.81. The predicted molar refractivity (Wildman–Crippen MR) is 122 cm³/mol. The lowest BCUT2D eigenvalue weighted by Crippen LogP contribution is -2.56. The van der Waals surface area contributed by atoms with E-state index < -0.39 is 5.54 Å². The summed E-state index contributed by atoms with van der Waals surface area (Å²) in [6.07, 6.45) is 2.10. The van der Waals surface area contributed by atoms with Crippen LogP contribution in [0, 0.1) is 5.82 Å². The predicted octanol–water partition coefficient (Wildman–Crippen LogP) is 2.94. The molecule has 33 heavy (non-hydrogen) atoms. The van der Waals surface area contributed by atoms with Crippen molar-refractivity contribution in [2.45, 2.75) is 37.3 Å². The second kappa shape index (κ2) is 9.23. The number of halogens is 1. The molecule has 3 heterocycles. The quantitative estimate of drug-likeness (QED) is 0.777. The lowest BCUT2D eigenvalue weighted by molar-refractivity contribution is -0.125. The van der Waals surface area contributed by atoms with Crippen LogP contribution in [0.2, 0.25) is 0 Å². The van der Waals surface area contributed by atoms with Gasteiger partial charge in [-0.1, -0.05) is 30.3 Å². The van der Waals surface area contributed by atoms with Gasteiger partial charge in [0.15, 0.2) is 0 Å². The number of carbonyl (C=O) groups is 2. The highest BCUT2D eigenvalue weighted by Crippen LogP contribution is 2.42. The Morgan fingerprint density at radius 1 is 1.12 bits per heavy atom. The van der Waals surface area contributed by atoms with Crippen molar-refractivity contribution in [3.63, 3.8) is 0 Å². The molecular formula is C26H30FN3O3. The Kier molecular flexibility index (Phi) is 6.17. The molecule has 2 atom stereocenters. The molecule has 0 aromatic heterocycles. The number of piperidine rings is 1. The van der Waals surface area contributed by atoms with Gasteiger partial charge in [-0.05, 0) is 42.2 Å². The molecule has 0 radical (unpaired) electrons. The summed E-state index contributed by atoms with van der Waals surface area (Å²) < 4.78 is 19.0. The first-order valence-electron chi connectivity index (χ1n) is 11.8. The summed E-state index contributed by atoms with van der Waals surface area (Å²) in [7, 11) is 0. The Morgan fingerprint density at radius 2 is 1.88 bits per heavy atom. The first kappa shape index (κ1) is 22.0. The summed E-state index contributed by atoms with van der Waals surface area (Å²) in [5.41, 5.74) is 2.16. The molecule has 6 nitrogen and oxygen atoms in total. The summed E-state index contributed by atoms with van der Waals surface area (Å²) in [5.74, 6) is -0.348. The Bertz CT molecular complexity index is 1020. The second-order valence-corrected chi connectivity index (χ2v) is 9.39. The van der Waals surface area contributed by atoms with Gasteiger partial charge >= 0.3 is 0 Å². The van der Waals surface area contributed by atoms with Gasteiger partial charge in [0.1, 0.15) is 5.82 Å². The molecule has 3 aliphatic rings. The Morgan fingerprint density at radius 3 is 2.64 bits per heavy atom. The SMILES string of the molecule is O=C1CCC[C@]2(CN(C(=O)c3ccccc3CN3CCOCC3)C[C@H]2c2ccc(F)cc2)N1. The highest BCUT2D eigenvalue weighted by Gasteiger charge is 2.50. The van der Waals surface area contributed by atoms with E-state index in [0.29, 0.717) is 44.8 Å². The van der Waals surface area contributed by atoms with Crippen molar-refractivity contribution < 1.29 is 18.7 Å². The normalized spacial score (nSPS) is 25.9. The van der Waals surface area contributed by atoms with Gasteiger partial charge in [-0.25, -0.2) is 4.39 Å². The van der Waals surface area contributed by atoms with Gasteiger partial charge in [0.2, 0.25) is 5.91 Å². The first-order valence-corrected chi connectivity index (χ1v) is 11.8. The molecule has 2 amide bonds. The molecule has 7 heteroatoms. The monoisotopic (exact) mass is 451 g/mol. The zero-order valence-corrected chi connectivity index (χ0v) is 18.8. The highest BCUT2D eigenvalue weighted by atomic mass is 19.1. The van der Waals surface area contributed by atoms with Crippen molar-refractivity contribution in [1.82, 2.24) is 15.1 Å². The van der Waals surface area contributed by atoms with Crippen LogP contribution in [0.4, 0.5) is 4.39 Å². The standard InChI is InChI=1S/C26H30FN3O3/c27-21-9-7-19(8-10-21)23-17-30(18-26(23)11-3-6-24(31)28-26)25(32)22-5-2-1-4-20(22)16-29-12-14-33-15-13-29/h1-2,4-5,7-10,23H,3,6,11-18H2,(H,28,31)/t23-,26+/m0/s1. The molecule has 0 unspecified atom stereocenters. The van der Waals surface area contributed by atoms with E-state index in [2.05, 4.69) is 10.2 Å². The molecule has 0 aliphatic carbocycles. The minimum Gasteiger partial charge on any atom is -0.379 e. The topological polar surface area (TPSA) is 61.9 Å². The molecule has 0 bridgehead atoms. The van der Waals surface area contributed by atoms with Crippen LogP contribution in [0.15, 0.2) is 48.5 Å². The molecule has 1 spiro atoms. The number of nitrogens with one attached hydrogen (secondary N) is 1. The number of morpholine rings is 1. The fourth-order valence-corrected chi connectivity index (χ4v) is 5.57. The summed E-state index contributed by atoms with van der Waals surface area (Å²) in [4.78, 5) is 30.3. The van der Waals surface area contributed by atoms with E-state index in [-0.39, 0.29) is 23.5 Å². The number of ether oxygens (including phenoxy) is 1.